The predicted molar refractivity (Wildman–Crippen MR) is 67.4 cm³/mol. The highest BCUT2D eigenvalue weighted by Gasteiger charge is 2.24. The molecule has 98 valence electrons. The number of hydrogen-bond donors (Lipinski definition) is 0. The largest absolute Gasteiger partial charge is 0.465 e. The summed E-state index contributed by atoms with van der Waals surface area (Å²) in [5.41, 5.74) is 0. The van der Waals surface area contributed by atoms with Crippen molar-refractivity contribution < 1.29 is 14.3 Å². The van der Waals surface area contributed by atoms with Crippen molar-refractivity contribution in [3.05, 3.63) is 12.7 Å². The Hall–Kier alpha value is -1.32. The molecule has 0 aromatic heterocycles. The van der Waals surface area contributed by atoms with E-state index in [0.717, 1.165) is 0 Å². The molecule has 1 unspecified atom stereocenters. The number of esters is 1. The standard InChI is InChI=1S/C13H23NO3/c1-6-8-14(9-12(15)17-7-2)13(16)11(5)10(3)4/h6,10-11H,1,7-9H2,2-5H3. The number of carbonyl (C=O) groups excluding carboxylic acids is 2. The first kappa shape index (κ1) is 15.7. The van der Waals surface area contributed by atoms with Crippen LogP contribution in [0.25, 0.3) is 0 Å². The summed E-state index contributed by atoms with van der Waals surface area (Å²) in [5, 5.41) is 0. The highest BCUT2D eigenvalue weighted by molar-refractivity contribution is 5.83. The van der Waals surface area contributed by atoms with E-state index in [9.17, 15) is 9.59 Å². The summed E-state index contributed by atoms with van der Waals surface area (Å²) in [6, 6.07) is 0. The number of hydrogen-bond acceptors (Lipinski definition) is 3. The van der Waals surface area contributed by atoms with E-state index < -0.39 is 0 Å². The van der Waals surface area contributed by atoms with E-state index in [1.807, 2.05) is 20.8 Å². The fourth-order valence-electron chi connectivity index (χ4n) is 1.32. The Bertz CT molecular complexity index is 274. The molecule has 0 bridgehead atoms. The third-order valence-electron chi connectivity index (χ3n) is 2.68. The Morgan fingerprint density at radius 3 is 2.35 bits per heavy atom. The van der Waals surface area contributed by atoms with Crippen molar-refractivity contribution in [1.82, 2.24) is 4.90 Å². The monoisotopic (exact) mass is 241 g/mol. The van der Waals surface area contributed by atoms with Gasteiger partial charge in [-0.25, -0.2) is 0 Å². The van der Waals surface area contributed by atoms with E-state index in [0.29, 0.717) is 13.2 Å². The average Bonchev–Trinajstić information content (AvgIpc) is 2.26. The van der Waals surface area contributed by atoms with Crippen molar-refractivity contribution in [2.24, 2.45) is 11.8 Å². The minimum atomic E-state index is -0.376. The summed E-state index contributed by atoms with van der Waals surface area (Å²) in [4.78, 5) is 24.9. The molecule has 0 aliphatic heterocycles. The molecule has 17 heavy (non-hydrogen) atoms. The van der Waals surface area contributed by atoms with Gasteiger partial charge in [-0.15, -0.1) is 6.58 Å². The maximum Gasteiger partial charge on any atom is 0.325 e. The van der Waals surface area contributed by atoms with Gasteiger partial charge in [0.25, 0.3) is 0 Å². The third-order valence-corrected chi connectivity index (χ3v) is 2.68. The summed E-state index contributed by atoms with van der Waals surface area (Å²) < 4.78 is 4.84. The Kier molecular flexibility index (Phi) is 7.26. The van der Waals surface area contributed by atoms with Crippen LogP contribution in [0.5, 0.6) is 0 Å². The van der Waals surface area contributed by atoms with Crippen LogP contribution in [-0.2, 0) is 14.3 Å². The number of rotatable bonds is 7. The van der Waals surface area contributed by atoms with E-state index in [2.05, 4.69) is 6.58 Å². The van der Waals surface area contributed by atoms with Crippen LogP contribution in [0.15, 0.2) is 12.7 Å². The van der Waals surface area contributed by atoms with Gasteiger partial charge >= 0.3 is 5.97 Å². The third kappa shape index (κ3) is 5.52. The van der Waals surface area contributed by atoms with E-state index >= 15 is 0 Å². The highest BCUT2D eigenvalue weighted by Crippen LogP contribution is 2.13. The minimum Gasteiger partial charge on any atom is -0.465 e. The lowest BCUT2D eigenvalue weighted by atomic mass is 9.96. The number of nitrogens with zero attached hydrogens (tertiary/aromatic N) is 1. The molecular formula is C13H23NO3. The SMILES string of the molecule is C=CCN(CC(=O)OCC)C(=O)C(C)C(C)C. The normalized spacial score (nSPS) is 12.1. The second-order valence-corrected chi connectivity index (χ2v) is 4.35. The molecule has 4 heteroatoms. The van der Waals surface area contributed by atoms with Gasteiger partial charge in [-0.1, -0.05) is 26.8 Å². The summed E-state index contributed by atoms with van der Waals surface area (Å²) in [5.74, 6) is -0.270. The van der Waals surface area contributed by atoms with Gasteiger partial charge in [-0.2, -0.15) is 0 Å². The van der Waals surface area contributed by atoms with Gasteiger partial charge in [0.1, 0.15) is 6.54 Å². The fraction of sp³-hybridized carbons (Fsp3) is 0.692. The lowest BCUT2D eigenvalue weighted by molar-refractivity contribution is -0.150. The van der Waals surface area contributed by atoms with Crippen LogP contribution in [0.1, 0.15) is 27.7 Å². The molecule has 0 fully saturated rings. The fourth-order valence-corrected chi connectivity index (χ4v) is 1.32. The zero-order chi connectivity index (χ0) is 13.4. The Morgan fingerprint density at radius 2 is 1.94 bits per heavy atom. The lowest BCUT2D eigenvalue weighted by Gasteiger charge is -2.25. The van der Waals surface area contributed by atoms with Crippen LogP contribution < -0.4 is 0 Å². The van der Waals surface area contributed by atoms with Gasteiger partial charge in [-0.05, 0) is 12.8 Å². The van der Waals surface area contributed by atoms with E-state index in [1.54, 1.807) is 13.0 Å². The number of amides is 1. The number of carbonyl (C=O) groups is 2. The van der Waals surface area contributed by atoms with Crippen molar-refractivity contribution in [2.75, 3.05) is 19.7 Å². The van der Waals surface area contributed by atoms with Gasteiger partial charge in [0, 0.05) is 12.5 Å². The molecule has 1 amide bonds. The van der Waals surface area contributed by atoms with E-state index in [1.165, 1.54) is 4.90 Å². The number of ether oxygens (including phenoxy) is 1. The molecule has 4 nitrogen and oxygen atoms in total. The van der Waals surface area contributed by atoms with E-state index in [-0.39, 0.29) is 30.3 Å². The second kappa shape index (κ2) is 7.87. The topological polar surface area (TPSA) is 46.6 Å². The molecular weight excluding hydrogens is 218 g/mol. The predicted octanol–water partition coefficient (Wildman–Crippen LogP) is 1.86. The first-order chi connectivity index (χ1) is 7.93. The Morgan fingerprint density at radius 1 is 1.35 bits per heavy atom. The molecule has 0 aliphatic carbocycles. The lowest BCUT2D eigenvalue weighted by Crippen LogP contribution is -2.40. The Balaban J connectivity index is 4.55. The van der Waals surface area contributed by atoms with Gasteiger partial charge in [0.15, 0.2) is 0 Å². The van der Waals surface area contributed by atoms with Crippen molar-refractivity contribution in [3.8, 4) is 0 Å². The second-order valence-electron chi connectivity index (χ2n) is 4.35. The summed E-state index contributed by atoms with van der Waals surface area (Å²) >= 11 is 0. The zero-order valence-electron chi connectivity index (χ0n) is 11.2. The van der Waals surface area contributed by atoms with Crippen LogP contribution in [0.4, 0.5) is 0 Å². The first-order valence-electron chi connectivity index (χ1n) is 5.99. The van der Waals surface area contributed by atoms with E-state index in [4.69, 9.17) is 4.74 Å². The zero-order valence-corrected chi connectivity index (χ0v) is 11.2. The molecule has 0 spiro atoms. The van der Waals surface area contributed by atoms with Crippen molar-refractivity contribution >= 4 is 11.9 Å². The highest BCUT2D eigenvalue weighted by atomic mass is 16.5. The van der Waals surface area contributed by atoms with Gasteiger partial charge in [0.2, 0.25) is 5.91 Å². The van der Waals surface area contributed by atoms with Crippen LogP contribution in [0.2, 0.25) is 0 Å². The molecule has 0 N–H and O–H groups in total. The maximum absolute atomic E-state index is 12.1. The van der Waals surface area contributed by atoms with Crippen molar-refractivity contribution in [2.45, 2.75) is 27.7 Å². The molecule has 0 heterocycles. The Labute approximate surface area is 104 Å². The van der Waals surface area contributed by atoms with Crippen LogP contribution >= 0.6 is 0 Å². The van der Waals surface area contributed by atoms with Crippen LogP contribution in [0.3, 0.4) is 0 Å². The smallest absolute Gasteiger partial charge is 0.325 e. The molecule has 0 rings (SSSR count). The van der Waals surface area contributed by atoms with Crippen LogP contribution in [-0.4, -0.2) is 36.5 Å². The van der Waals surface area contributed by atoms with Gasteiger partial charge in [0.05, 0.1) is 6.61 Å². The molecule has 0 radical (unpaired) electrons. The van der Waals surface area contributed by atoms with Crippen molar-refractivity contribution in [3.63, 3.8) is 0 Å². The van der Waals surface area contributed by atoms with Gasteiger partial charge < -0.3 is 9.64 Å². The summed E-state index contributed by atoms with van der Waals surface area (Å²) in [6.45, 7) is 11.9. The molecule has 0 saturated carbocycles. The summed E-state index contributed by atoms with van der Waals surface area (Å²) in [6.07, 6.45) is 1.62. The molecule has 0 saturated heterocycles. The molecule has 1 atom stereocenters. The van der Waals surface area contributed by atoms with Crippen LogP contribution in [0, 0.1) is 11.8 Å². The van der Waals surface area contributed by atoms with Crippen molar-refractivity contribution in [1.29, 1.82) is 0 Å². The molecule has 0 aromatic carbocycles. The first-order valence-corrected chi connectivity index (χ1v) is 5.99. The molecule has 0 aromatic rings. The minimum absolute atomic E-state index is 0.00421. The quantitative estimate of drug-likeness (QED) is 0.505. The summed E-state index contributed by atoms with van der Waals surface area (Å²) in [7, 11) is 0. The average molecular weight is 241 g/mol. The maximum atomic E-state index is 12.1. The van der Waals surface area contributed by atoms with Gasteiger partial charge in [-0.3, -0.25) is 9.59 Å². The molecule has 0 aliphatic rings.